The third-order valence-electron chi connectivity index (χ3n) is 3.55. The molecule has 2 atom stereocenters. The topological polar surface area (TPSA) is 30.5 Å². The van der Waals surface area contributed by atoms with Gasteiger partial charge in [-0.15, -0.1) is 0 Å². The fourth-order valence-electron chi connectivity index (χ4n) is 2.54. The first-order chi connectivity index (χ1) is 10.3. The highest BCUT2D eigenvalue weighted by Crippen LogP contribution is 2.32. The molecule has 0 saturated heterocycles. The average Bonchev–Trinajstić information content (AvgIpc) is 2.54. The summed E-state index contributed by atoms with van der Waals surface area (Å²) < 4.78 is 11.2. The number of benzene rings is 2. The Hall–Kier alpha value is -1.84. The lowest BCUT2D eigenvalue weighted by Gasteiger charge is -2.26. The van der Waals surface area contributed by atoms with Crippen LogP contribution in [-0.2, 0) is 4.74 Å². The van der Waals surface area contributed by atoms with E-state index < -0.39 is 0 Å². The summed E-state index contributed by atoms with van der Waals surface area (Å²) in [5, 5.41) is 3.35. The second-order valence-electron chi connectivity index (χ2n) is 4.84. The van der Waals surface area contributed by atoms with Crippen molar-refractivity contribution in [2.75, 3.05) is 20.8 Å². The maximum Gasteiger partial charge on any atom is 0.119 e. The van der Waals surface area contributed by atoms with Crippen molar-refractivity contribution < 1.29 is 9.47 Å². The van der Waals surface area contributed by atoms with Crippen LogP contribution in [0.2, 0.25) is 0 Å². The van der Waals surface area contributed by atoms with E-state index in [2.05, 4.69) is 29.6 Å². The highest BCUT2D eigenvalue weighted by atomic mass is 16.5. The second-order valence-corrected chi connectivity index (χ2v) is 4.84. The molecule has 2 aromatic rings. The van der Waals surface area contributed by atoms with E-state index >= 15 is 0 Å². The minimum atomic E-state index is -0.0332. The Morgan fingerprint density at radius 1 is 0.952 bits per heavy atom. The third kappa shape index (κ3) is 3.84. The van der Waals surface area contributed by atoms with Crippen molar-refractivity contribution in [1.29, 1.82) is 0 Å². The minimum Gasteiger partial charge on any atom is -0.494 e. The summed E-state index contributed by atoms with van der Waals surface area (Å²) in [6, 6.07) is 18.5. The van der Waals surface area contributed by atoms with Crippen molar-refractivity contribution in [2.24, 2.45) is 0 Å². The maximum atomic E-state index is 5.73. The van der Waals surface area contributed by atoms with Gasteiger partial charge in [-0.25, -0.2) is 0 Å². The van der Waals surface area contributed by atoms with Crippen molar-refractivity contribution in [3.63, 3.8) is 0 Å². The molecule has 0 aliphatic carbocycles. The third-order valence-corrected chi connectivity index (χ3v) is 3.55. The van der Waals surface area contributed by atoms with Gasteiger partial charge in [-0.2, -0.15) is 0 Å². The van der Waals surface area contributed by atoms with E-state index in [4.69, 9.17) is 9.47 Å². The molecule has 2 rings (SSSR count). The Kier molecular flexibility index (Phi) is 5.78. The highest BCUT2D eigenvalue weighted by molar-refractivity contribution is 5.31. The van der Waals surface area contributed by atoms with Crippen LogP contribution < -0.4 is 10.1 Å². The van der Waals surface area contributed by atoms with Gasteiger partial charge in [0.2, 0.25) is 0 Å². The van der Waals surface area contributed by atoms with Gasteiger partial charge in [-0.05, 0) is 37.2 Å². The Morgan fingerprint density at radius 2 is 1.62 bits per heavy atom. The lowest BCUT2D eigenvalue weighted by atomic mass is 9.95. The first kappa shape index (κ1) is 15.5. The van der Waals surface area contributed by atoms with Gasteiger partial charge < -0.3 is 14.8 Å². The molecule has 2 unspecified atom stereocenters. The van der Waals surface area contributed by atoms with Gasteiger partial charge in [0.25, 0.3) is 0 Å². The molecule has 0 radical (unpaired) electrons. The zero-order valence-electron chi connectivity index (χ0n) is 12.9. The quantitative estimate of drug-likeness (QED) is 0.840. The first-order valence-corrected chi connectivity index (χ1v) is 7.28. The first-order valence-electron chi connectivity index (χ1n) is 7.28. The molecule has 0 aliphatic heterocycles. The molecule has 0 aromatic heterocycles. The van der Waals surface area contributed by atoms with Crippen LogP contribution in [0.15, 0.2) is 54.6 Å². The number of nitrogens with one attached hydrogen (secondary N) is 1. The molecule has 0 aliphatic rings. The average molecular weight is 285 g/mol. The smallest absolute Gasteiger partial charge is 0.119 e. The number of hydrogen-bond acceptors (Lipinski definition) is 3. The molecule has 21 heavy (non-hydrogen) atoms. The normalized spacial score (nSPS) is 13.7. The summed E-state index contributed by atoms with van der Waals surface area (Å²) in [6.45, 7) is 2.67. The SMILES string of the molecule is CCOc1ccc(C(NC)C(OC)c2ccccc2)cc1. The van der Waals surface area contributed by atoms with Crippen molar-refractivity contribution in [3.05, 3.63) is 65.7 Å². The van der Waals surface area contributed by atoms with Crippen molar-refractivity contribution in [3.8, 4) is 5.75 Å². The number of rotatable bonds is 7. The molecule has 0 heterocycles. The Bertz CT molecular complexity index is 525. The second kappa shape index (κ2) is 7.81. The van der Waals surface area contributed by atoms with E-state index in [0.29, 0.717) is 6.61 Å². The highest BCUT2D eigenvalue weighted by Gasteiger charge is 2.23. The van der Waals surface area contributed by atoms with Gasteiger partial charge in [-0.3, -0.25) is 0 Å². The van der Waals surface area contributed by atoms with Gasteiger partial charge in [0.05, 0.1) is 12.6 Å². The molecule has 3 heteroatoms. The Balaban J connectivity index is 2.24. The molecular formula is C18H23NO2. The number of methoxy groups -OCH3 is 1. The van der Waals surface area contributed by atoms with Gasteiger partial charge in [0, 0.05) is 7.11 Å². The molecule has 0 amide bonds. The van der Waals surface area contributed by atoms with Crippen LogP contribution in [0.1, 0.15) is 30.2 Å². The summed E-state index contributed by atoms with van der Waals surface area (Å²) in [4.78, 5) is 0. The van der Waals surface area contributed by atoms with Crippen LogP contribution in [0.4, 0.5) is 0 Å². The molecular weight excluding hydrogens is 262 g/mol. The van der Waals surface area contributed by atoms with E-state index in [9.17, 15) is 0 Å². The van der Waals surface area contributed by atoms with Crippen LogP contribution in [0.25, 0.3) is 0 Å². The largest absolute Gasteiger partial charge is 0.494 e. The predicted octanol–water partition coefficient (Wildman–Crippen LogP) is 3.73. The van der Waals surface area contributed by atoms with Crippen LogP contribution in [0, 0.1) is 0 Å². The van der Waals surface area contributed by atoms with E-state index in [1.54, 1.807) is 7.11 Å². The van der Waals surface area contributed by atoms with Crippen molar-refractivity contribution in [2.45, 2.75) is 19.1 Å². The molecule has 0 fully saturated rings. The van der Waals surface area contributed by atoms with E-state index in [1.807, 2.05) is 44.3 Å². The number of likely N-dealkylation sites (N-methyl/N-ethyl adjacent to an activating group) is 1. The van der Waals surface area contributed by atoms with Crippen molar-refractivity contribution in [1.82, 2.24) is 5.32 Å². The predicted molar refractivity (Wildman–Crippen MR) is 85.6 cm³/mol. The van der Waals surface area contributed by atoms with Crippen molar-refractivity contribution >= 4 is 0 Å². The molecule has 2 aromatic carbocycles. The zero-order chi connectivity index (χ0) is 15.1. The van der Waals surface area contributed by atoms with Crippen LogP contribution >= 0.6 is 0 Å². The Labute approximate surface area is 126 Å². The number of ether oxygens (including phenoxy) is 2. The lowest BCUT2D eigenvalue weighted by Crippen LogP contribution is -2.25. The van der Waals surface area contributed by atoms with Gasteiger partial charge in [0.15, 0.2) is 0 Å². The van der Waals surface area contributed by atoms with Gasteiger partial charge >= 0.3 is 0 Å². The standard InChI is InChI=1S/C18H23NO2/c1-4-21-16-12-10-14(11-13-16)17(19-2)18(20-3)15-8-6-5-7-9-15/h5-13,17-19H,4H2,1-3H3. The summed E-state index contributed by atoms with van der Waals surface area (Å²) in [7, 11) is 3.70. The zero-order valence-corrected chi connectivity index (χ0v) is 12.9. The maximum absolute atomic E-state index is 5.73. The lowest BCUT2D eigenvalue weighted by molar-refractivity contribution is 0.0702. The van der Waals surface area contributed by atoms with Gasteiger partial charge in [0.1, 0.15) is 11.9 Å². The monoisotopic (exact) mass is 285 g/mol. The molecule has 0 bridgehead atoms. The molecule has 1 N–H and O–H groups in total. The number of hydrogen-bond donors (Lipinski definition) is 1. The van der Waals surface area contributed by atoms with E-state index in [1.165, 1.54) is 5.56 Å². The van der Waals surface area contributed by atoms with E-state index in [0.717, 1.165) is 11.3 Å². The molecule has 112 valence electrons. The summed E-state index contributed by atoms with van der Waals surface area (Å²) in [5.74, 6) is 0.893. The minimum absolute atomic E-state index is 0.0332. The molecule has 0 spiro atoms. The molecule has 3 nitrogen and oxygen atoms in total. The van der Waals surface area contributed by atoms with Crippen LogP contribution in [0.3, 0.4) is 0 Å². The van der Waals surface area contributed by atoms with Crippen LogP contribution in [0.5, 0.6) is 5.75 Å². The fourth-order valence-corrected chi connectivity index (χ4v) is 2.54. The van der Waals surface area contributed by atoms with Crippen LogP contribution in [-0.4, -0.2) is 20.8 Å². The summed E-state index contributed by atoms with van der Waals surface area (Å²) in [6.07, 6.45) is -0.0332. The summed E-state index contributed by atoms with van der Waals surface area (Å²) >= 11 is 0. The van der Waals surface area contributed by atoms with E-state index in [-0.39, 0.29) is 12.1 Å². The van der Waals surface area contributed by atoms with Gasteiger partial charge in [-0.1, -0.05) is 42.5 Å². The Morgan fingerprint density at radius 3 is 2.14 bits per heavy atom. The summed E-state index contributed by atoms with van der Waals surface area (Å²) in [5.41, 5.74) is 2.34. The fraction of sp³-hybridized carbons (Fsp3) is 0.333. The molecule has 0 saturated carbocycles.